The van der Waals surface area contributed by atoms with Gasteiger partial charge in [0.05, 0.1) is 6.04 Å². The third-order valence-corrected chi connectivity index (χ3v) is 3.83. The molecule has 2 aromatic carbocycles. The first kappa shape index (κ1) is 19.3. The highest BCUT2D eigenvalue weighted by Crippen LogP contribution is 2.19. The fraction of sp³-hybridized carbons (Fsp3) is 0.300. The number of carboxylic acids is 1. The van der Waals surface area contributed by atoms with Crippen molar-refractivity contribution >= 4 is 11.9 Å². The maximum absolute atomic E-state index is 12.1. The Hall–Kier alpha value is -3.02. The van der Waals surface area contributed by atoms with Crippen molar-refractivity contribution in [3.05, 3.63) is 59.7 Å². The number of carbonyl (C=O) groups is 2. The number of para-hydroxylation sites is 1. The number of nitrogens with one attached hydrogen (secondary N) is 1. The van der Waals surface area contributed by atoms with E-state index in [4.69, 9.17) is 14.6 Å². The van der Waals surface area contributed by atoms with Crippen molar-refractivity contribution in [2.75, 3.05) is 13.2 Å². The van der Waals surface area contributed by atoms with E-state index in [0.717, 1.165) is 23.3 Å². The maximum Gasteiger partial charge on any atom is 0.341 e. The van der Waals surface area contributed by atoms with E-state index >= 15 is 0 Å². The monoisotopic (exact) mass is 357 g/mol. The first-order chi connectivity index (χ1) is 12.5. The number of aryl methyl sites for hydroxylation is 1. The van der Waals surface area contributed by atoms with E-state index in [1.54, 1.807) is 24.3 Å². The van der Waals surface area contributed by atoms with Crippen molar-refractivity contribution < 1.29 is 24.2 Å². The minimum absolute atomic E-state index is 0.0544. The van der Waals surface area contributed by atoms with Gasteiger partial charge in [0.15, 0.2) is 13.2 Å². The molecule has 1 unspecified atom stereocenters. The van der Waals surface area contributed by atoms with E-state index in [1.165, 1.54) is 0 Å². The molecule has 2 rings (SSSR count). The predicted octanol–water partition coefficient (Wildman–Crippen LogP) is 2.97. The van der Waals surface area contributed by atoms with Gasteiger partial charge < -0.3 is 19.9 Å². The summed E-state index contributed by atoms with van der Waals surface area (Å²) < 4.78 is 10.7. The standard InChI is InChI=1S/C20H23NO5/c1-3-15-6-4-5-7-18(15)26-12-19(22)21-14(2)16-8-10-17(11-9-16)25-13-20(23)24/h4-11,14H,3,12-13H2,1-2H3,(H,21,22)(H,23,24). The van der Waals surface area contributed by atoms with Crippen LogP contribution in [0.15, 0.2) is 48.5 Å². The summed E-state index contributed by atoms with van der Waals surface area (Å²) in [4.78, 5) is 22.6. The van der Waals surface area contributed by atoms with E-state index in [0.29, 0.717) is 5.75 Å². The van der Waals surface area contributed by atoms with E-state index in [1.807, 2.05) is 38.1 Å². The fourth-order valence-corrected chi connectivity index (χ4v) is 2.44. The number of hydrogen-bond acceptors (Lipinski definition) is 4. The van der Waals surface area contributed by atoms with Gasteiger partial charge in [-0.1, -0.05) is 37.3 Å². The van der Waals surface area contributed by atoms with E-state index in [2.05, 4.69) is 5.32 Å². The van der Waals surface area contributed by atoms with Crippen LogP contribution in [0.4, 0.5) is 0 Å². The zero-order chi connectivity index (χ0) is 18.9. The van der Waals surface area contributed by atoms with Crippen molar-refractivity contribution in [2.24, 2.45) is 0 Å². The van der Waals surface area contributed by atoms with Crippen molar-refractivity contribution in [1.29, 1.82) is 0 Å². The Balaban J connectivity index is 1.85. The normalized spacial score (nSPS) is 11.5. The Bertz CT molecular complexity index is 742. The zero-order valence-corrected chi connectivity index (χ0v) is 14.9. The van der Waals surface area contributed by atoms with Crippen molar-refractivity contribution in [2.45, 2.75) is 26.3 Å². The lowest BCUT2D eigenvalue weighted by Crippen LogP contribution is -2.31. The SMILES string of the molecule is CCc1ccccc1OCC(=O)NC(C)c1ccc(OCC(=O)O)cc1. The largest absolute Gasteiger partial charge is 0.483 e. The van der Waals surface area contributed by atoms with Crippen molar-refractivity contribution in [3.63, 3.8) is 0 Å². The number of ether oxygens (including phenoxy) is 2. The predicted molar refractivity (Wildman–Crippen MR) is 97.4 cm³/mol. The van der Waals surface area contributed by atoms with Crippen LogP contribution in [0.5, 0.6) is 11.5 Å². The summed E-state index contributed by atoms with van der Waals surface area (Å²) in [5.41, 5.74) is 1.94. The molecule has 26 heavy (non-hydrogen) atoms. The molecule has 1 amide bonds. The quantitative estimate of drug-likeness (QED) is 0.721. The number of hydrogen-bond donors (Lipinski definition) is 2. The number of rotatable bonds is 9. The van der Waals surface area contributed by atoms with E-state index in [-0.39, 0.29) is 25.2 Å². The lowest BCUT2D eigenvalue weighted by molar-refractivity contribution is -0.139. The highest BCUT2D eigenvalue weighted by Gasteiger charge is 2.11. The van der Waals surface area contributed by atoms with Gasteiger partial charge in [-0.2, -0.15) is 0 Å². The molecule has 0 heterocycles. The smallest absolute Gasteiger partial charge is 0.341 e. The molecule has 138 valence electrons. The average Bonchev–Trinajstić information content (AvgIpc) is 2.65. The fourth-order valence-electron chi connectivity index (χ4n) is 2.44. The molecule has 0 saturated heterocycles. The third-order valence-electron chi connectivity index (χ3n) is 3.83. The van der Waals surface area contributed by atoms with Gasteiger partial charge in [0.2, 0.25) is 0 Å². The molecule has 0 aliphatic rings. The lowest BCUT2D eigenvalue weighted by Gasteiger charge is -2.16. The molecule has 1 atom stereocenters. The molecule has 0 aromatic heterocycles. The minimum atomic E-state index is -1.03. The topological polar surface area (TPSA) is 84.9 Å². The molecule has 2 aromatic rings. The molecule has 0 aliphatic heterocycles. The Labute approximate surface area is 152 Å². The van der Waals surface area contributed by atoms with Crippen LogP contribution < -0.4 is 14.8 Å². The number of carbonyl (C=O) groups excluding carboxylic acids is 1. The van der Waals surface area contributed by atoms with Crippen molar-refractivity contribution in [1.82, 2.24) is 5.32 Å². The van der Waals surface area contributed by atoms with Gasteiger partial charge in [0, 0.05) is 0 Å². The number of benzene rings is 2. The zero-order valence-electron chi connectivity index (χ0n) is 14.9. The lowest BCUT2D eigenvalue weighted by atomic mass is 10.1. The molecule has 0 radical (unpaired) electrons. The molecular formula is C20H23NO5. The van der Waals surface area contributed by atoms with Crippen molar-refractivity contribution in [3.8, 4) is 11.5 Å². The van der Waals surface area contributed by atoms with Crippen LogP contribution in [-0.4, -0.2) is 30.2 Å². The summed E-state index contributed by atoms with van der Waals surface area (Å²) in [5, 5.41) is 11.5. The molecule has 2 N–H and O–H groups in total. The first-order valence-electron chi connectivity index (χ1n) is 8.44. The third kappa shape index (κ3) is 5.81. The van der Waals surface area contributed by atoms with E-state index in [9.17, 15) is 9.59 Å². The molecular weight excluding hydrogens is 334 g/mol. The molecule has 0 aliphatic carbocycles. The van der Waals surface area contributed by atoms with Crippen LogP contribution in [-0.2, 0) is 16.0 Å². The van der Waals surface area contributed by atoms with Gasteiger partial charge >= 0.3 is 5.97 Å². The number of amides is 1. The number of aliphatic carboxylic acids is 1. The van der Waals surface area contributed by atoms with Gasteiger partial charge in [-0.05, 0) is 42.7 Å². The Morgan fingerprint density at radius 3 is 2.38 bits per heavy atom. The highest BCUT2D eigenvalue weighted by molar-refractivity contribution is 5.78. The average molecular weight is 357 g/mol. The minimum Gasteiger partial charge on any atom is -0.483 e. The Kier molecular flexibility index (Phi) is 7.02. The maximum atomic E-state index is 12.1. The second-order valence-corrected chi connectivity index (χ2v) is 5.79. The summed E-state index contributed by atoms with van der Waals surface area (Å²) in [7, 11) is 0. The second kappa shape index (κ2) is 9.46. The summed E-state index contributed by atoms with van der Waals surface area (Å²) in [6.45, 7) is 3.46. The summed E-state index contributed by atoms with van der Waals surface area (Å²) in [6, 6.07) is 14.4. The molecule has 0 fully saturated rings. The first-order valence-corrected chi connectivity index (χ1v) is 8.44. The van der Waals surface area contributed by atoms with Crippen LogP contribution in [0.3, 0.4) is 0 Å². The van der Waals surface area contributed by atoms with Crippen LogP contribution >= 0.6 is 0 Å². The highest BCUT2D eigenvalue weighted by atomic mass is 16.5. The molecule has 0 bridgehead atoms. The van der Waals surface area contributed by atoms with Gasteiger partial charge in [-0.15, -0.1) is 0 Å². The molecule has 0 saturated carbocycles. The Morgan fingerprint density at radius 2 is 1.73 bits per heavy atom. The van der Waals surface area contributed by atoms with Crippen LogP contribution in [0.25, 0.3) is 0 Å². The second-order valence-electron chi connectivity index (χ2n) is 5.79. The van der Waals surface area contributed by atoms with Gasteiger partial charge in [0.25, 0.3) is 5.91 Å². The van der Waals surface area contributed by atoms with Crippen LogP contribution in [0.1, 0.15) is 31.0 Å². The van der Waals surface area contributed by atoms with Crippen LogP contribution in [0.2, 0.25) is 0 Å². The summed E-state index contributed by atoms with van der Waals surface area (Å²) in [5.74, 6) is -0.0547. The van der Waals surface area contributed by atoms with Crippen LogP contribution in [0, 0.1) is 0 Å². The molecule has 6 nitrogen and oxygen atoms in total. The Morgan fingerprint density at radius 1 is 1.04 bits per heavy atom. The van der Waals surface area contributed by atoms with Gasteiger partial charge in [-0.3, -0.25) is 4.79 Å². The molecule has 0 spiro atoms. The number of carboxylic acid groups (broad SMARTS) is 1. The van der Waals surface area contributed by atoms with Gasteiger partial charge in [-0.25, -0.2) is 4.79 Å². The van der Waals surface area contributed by atoms with Gasteiger partial charge in [0.1, 0.15) is 11.5 Å². The summed E-state index contributed by atoms with van der Waals surface area (Å²) in [6.07, 6.45) is 0.838. The van der Waals surface area contributed by atoms with E-state index < -0.39 is 5.97 Å². The summed E-state index contributed by atoms with van der Waals surface area (Å²) >= 11 is 0. The molecule has 6 heteroatoms.